The van der Waals surface area contributed by atoms with E-state index in [9.17, 15) is 9.18 Å². The number of hydrogen-bond acceptors (Lipinski definition) is 8. The summed E-state index contributed by atoms with van der Waals surface area (Å²) in [4.78, 5) is 20.5. The largest absolute Gasteiger partial charge is 0.486 e. The van der Waals surface area contributed by atoms with Crippen molar-refractivity contribution in [2.45, 2.75) is 32.7 Å². The van der Waals surface area contributed by atoms with E-state index in [1.54, 1.807) is 12.1 Å². The molecule has 188 valence electrons. The Hall–Kier alpha value is -3.63. The number of halogens is 1. The summed E-state index contributed by atoms with van der Waals surface area (Å²) in [7, 11) is 0. The van der Waals surface area contributed by atoms with Crippen molar-refractivity contribution >= 4 is 5.65 Å². The van der Waals surface area contributed by atoms with Crippen LogP contribution in [0.15, 0.2) is 51.8 Å². The molecule has 5 rings (SSSR count). The smallest absolute Gasteiger partial charge is 0.301 e. The summed E-state index contributed by atoms with van der Waals surface area (Å²) in [6.07, 6.45) is 3.85. The second-order valence-electron chi connectivity index (χ2n) is 8.75. The van der Waals surface area contributed by atoms with Crippen molar-refractivity contribution in [1.29, 1.82) is 0 Å². The van der Waals surface area contributed by atoms with Crippen LogP contribution < -0.4 is 10.3 Å². The van der Waals surface area contributed by atoms with Gasteiger partial charge in [0.15, 0.2) is 5.69 Å². The first-order valence-corrected chi connectivity index (χ1v) is 12.2. The molecule has 3 aromatic heterocycles. The van der Waals surface area contributed by atoms with Crippen LogP contribution in [0, 0.1) is 5.82 Å². The van der Waals surface area contributed by atoms with E-state index in [0.717, 1.165) is 43.6 Å². The Morgan fingerprint density at radius 3 is 2.61 bits per heavy atom. The number of ether oxygens (including phenoxy) is 2. The second-order valence-corrected chi connectivity index (χ2v) is 8.75. The summed E-state index contributed by atoms with van der Waals surface area (Å²) in [6, 6.07) is 9.86. The van der Waals surface area contributed by atoms with Crippen LogP contribution in [0.2, 0.25) is 0 Å². The zero-order valence-corrected chi connectivity index (χ0v) is 20.2. The average Bonchev–Trinajstić information content (AvgIpc) is 3.36. The molecule has 1 aliphatic heterocycles. The number of nitrogens with zero attached hydrogens (tertiary/aromatic N) is 5. The van der Waals surface area contributed by atoms with Gasteiger partial charge in [0.25, 0.3) is 5.89 Å². The van der Waals surface area contributed by atoms with E-state index >= 15 is 0 Å². The van der Waals surface area contributed by atoms with Crippen molar-refractivity contribution in [3.05, 3.63) is 75.8 Å². The first-order chi connectivity index (χ1) is 17.6. The first kappa shape index (κ1) is 24.1. The Morgan fingerprint density at radius 1 is 1.06 bits per heavy atom. The molecule has 1 saturated heterocycles. The van der Waals surface area contributed by atoms with Crippen molar-refractivity contribution in [3.8, 4) is 17.3 Å². The zero-order valence-electron chi connectivity index (χ0n) is 20.2. The Bertz CT molecular complexity index is 1380. The third-order valence-corrected chi connectivity index (χ3v) is 6.03. The van der Waals surface area contributed by atoms with E-state index in [1.165, 1.54) is 16.5 Å². The second kappa shape index (κ2) is 11.0. The minimum Gasteiger partial charge on any atom is -0.486 e. The van der Waals surface area contributed by atoms with Crippen molar-refractivity contribution in [3.63, 3.8) is 0 Å². The lowest BCUT2D eigenvalue weighted by atomic mass is 10.1. The highest BCUT2D eigenvalue weighted by Gasteiger charge is 2.22. The maximum Gasteiger partial charge on any atom is 0.301 e. The summed E-state index contributed by atoms with van der Waals surface area (Å²) in [6.45, 7) is 6.27. The van der Waals surface area contributed by atoms with Crippen molar-refractivity contribution in [1.82, 2.24) is 24.5 Å². The maximum atomic E-state index is 13.5. The van der Waals surface area contributed by atoms with Gasteiger partial charge in [0.1, 0.15) is 11.5 Å². The number of aromatic nitrogens is 4. The summed E-state index contributed by atoms with van der Waals surface area (Å²) in [5.74, 6) is 0.212. The summed E-state index contributed by atoms with van der Waals surface area (Å²) in [5, 5.41) is 8.24. The number of hydrogen-bond donors (Lipinski definition) is 0. The van der Waals surface area contributed by atoms with Gasteiger partial charge in [-0.3, -0.25) is 14.1 Å². The Balaban J connectivity index is 1.48. The molecule has 0 saturated carbocycles. The van der Waals surface area contributed by atoms with Gasteiger partial charge in [-0.05, 0) is 35.7 Å². The van der Waals surface area contributed by atoms with Crippen LogP contribution in [0.25, 0.3) is 17.2 Å². The van der Waals surface area contributed by atoms with Gasteiger partial charge in [-0.15, -0.1) is 10.2 Å². The Labute approximate surface area is 207 Å². The molecular formula is C26H28FN5O4. The van der Waals surface area contributed by atoms with Crippen LogP contribution in [-0.2, 0) is 17.7 Å². The van der Waals surface area contributed by atoms with E-state index in [4.69, 9.17) is 13.9 Å². The minimum atomic E-state index is -0.326. The molecule has 1 aromatic carbocycles. The third-order valence-electron chi connectivity index (χ3n) is 6.03. The molecule has 4 aromatic rings. The normalized spacial score (nSPS) is 14.4. The molecule has 0 N–H and O–H groups in total. The molecule has 0 atom stereocenters. The lowest BCUT2D eigenvalue weighted by Gasteiger charge is -2.26. The van der Waals surface area contributed by atoms with E-state index in [1.807, 2.05) is 25.3 Å². The predicted octanol–water partition coefficient (Wildman–Crippen LogP) is 3.49. The van der Waals surface area contributed by atoms with Crippen LogP contribution in [0.4, 0.5) is 4.39 Å². The molecule has 1 aliphatic rings. The highest BCUT2D eigenvalue weighted by Crippen LogP contribution is 2.26. The summed E-state index contributed by atoms with van der Waals surface area (Å²) in [5.41, 5.74) is 2.18. The molecule has 36 heavy (non-hydrogen) atoms. The maximum absolute atomic E-state index is 13.5. The number of pyridine rings is 1. The van der Waals surface area contributed by atoms with Gasteiger partial charge in [0, 0.05) is 25.8 Å². The van der Waals surface area contributed by atoms with Gasteiger partial charge in [0.2, 0.25) is 11.6 Å². The molecule has 0 amide bonds. The summed E-state index contributed by atoms with van der Waals surface area (Å²) >= 11 is 0. The van der Waals surface area contributed by atoms with Crippen molar-refractivity contribution in [2.75, 3.05) is 32.9 Å². The standard InChI is InChI=1S/C26H28FN5O4/c1-2-3-12-35-24-23(25-30-29-22(36-25)15-18-4-7-20(27)8-5-18)28-21-9-6-19(17-32(21)26(24)33)16-31-10-13-34-14-11-31/h4-9,17H,2-3,10-16H2,1H3. The van der Waals surface area contributed by atoms with Gasteiger partial charge in [-0.25, -0.2) is 9.37 Å². The zero-order chi connectivity index (χ0) is 24.9. The number of benzene rings is 1. The average molecular weight is 494 g/mol. The van der Waals surface area contributed by atoms with Crippen LogP contribution >= 0.6 is 0 Å². The molecule has 0 unspecified atom stereocenters. The molecule has 0 spiro atoms. The third kappa shape index (κ3) is 5.44. The molecule has 4 heterocycles. The molecule has 0 radical (unpaired) electrons. The lowest BCUT2D eigenvalue weighted by molar-refractivity contribution is 0.0341. The fraction of sp³-hybridized carbons (Fsp3) is 0.385. The van der Waals surface area contributed by atoms with Gasteiger partial charge in [-0.2, -0.15) is 0 Å². The quantitative estimate of drug-likeness (QED) is 0.327. The SMILES string of the molecule is CCCCOc1c(-c2nnc(Cc3ccc(F)cc3)o2)nc2ccc(CN3CCOCC3)cn2c1=O. The Kier molecular flexibility index (Phi) is 7.33. The van der Waals surface area contributed by atoms with Crippen molar-refractivity contribution in [2.24, 2.45) is 0 Å². The highest BCUT2D eigenvalue weighted by molar-refractivity contribution is 5.61. The fourth-order valence-electron chi connectivity index (χ4n) is 4.07. The van der Waals surface area contributed by atoms with Crippen LogP contribution in [0.3, 0.4) is 0 Å². The monoisotopic (exact) mass is 493 g/mol. The highest BCUT2D eigenvalue weighted by atomic mass is 19.1. The summed E-state index contributed by atoms with van der Waals surface area (Å²) < 4.78 is 31.9. The van der Waals surface area contributed by atoms with E-state index in [0.29, 0.717) is 37.8 Å². The Morgan fingerprint density at radius 2 is 1.83 bits per heavy atom. The predicted molar refractivity (Wildman–Crippen MR) is 130 cm³/mol. The number of fused-ring (bicyclic) bond motifs is 1. The molecule has 9 nitrogen and oxygen atoms in total. The van der Waals surface area contributed by atoms with E-state index in [2.05, 4.69) is 20.1 Å². The first-order valence-electron chi connectivity index (χ1n) is 12.2. The molecule has 10 heteroatoms. The molecule has 0 aliphatic carbocycles. The van der Waals surface area contributed by atoms with Crippen LogP contribution in [-0.4, -0.2) is 57.4 Å². The van der Waals surface area contributed by atoms with Gasteiger partial charge in [0.05, 0.1) is 26.2 Å². The lowest BCUT2D eigenvalue weighted by Crippen LogP contribution is -2.35. The number of morpholine rings is 1. The van der Waals surface area contributed by atoms with Gasteiger partial charge < -0.3 is 13.9 Å². The number of unbranched alkanes of at least 4 members (excludes halogenated alkanes) is 1. The molecule has 0 bridgehead atoms. The van der Waals surface area contributed by atoms with Crippen LogP contribution in [0.5, 0.6) is 5.75 Å². The van der Waals surface area contributed by atoms with Gasteiger partial charge >= 0.3 is 5.56 Å². The topological polar surface area (TPSA) is 95.0 Å². The molecule has 1 fully saturated rings. The van der Waals surface area contributed by atoms with Gasteiger partial charge in [-0.1, -0.05) is 31.5 Å². The minimum absolute atomic E-state index is 0.0847. The number of rotatable bonds is 9. The van der Waals surface area contributed by atoms with E-state index < -0.39 is 0 Å². The van der Waals surface area contributed by atoms with E-state index in [-0.39, 0.29) is 28.7 Å². The fourth-order valence-corrected chi connectivity index (χ4v) is 4.07. The van der Waals surface area contributed by atoms with Crippen molar-refractivity contribution < 1.29 is 18.3 Å². The van der Waals surface area contributed by atoms with Crippen LogP contribution in [0.1, 0.15) is 36.8 Å². The molecular weight excluding hydrogens is 465 g/mol.